The third-order valence-corrected chi connectivity index (χ3v) is 4.43. The van der Waals surface area contributed by atoms with E-state index in [2.05, 4.69) is 20.3 Å². The first-order valence-corrected chi connectivity index (χ1v) is 8.82. The molecule has 0 aliphatic rings. The molecule has 4 rings (SSSR count). The number of nitrogens with one attached hydrogen (secondary N) is 2. The molecule has 0 fully saturated rings. The Bertz CT molecular complexity index is 1110. The van der Waals surface area contributed by atoms with E-state index >= 15 is 0 Å². The molecule has 0 saturated carbocycles. The molecule has 0 bridgehead atoms. The fraction of sp³-hybridized carbons (Fsp3) is 0.250. The molecular formula is C20H21N5O2. The summed E-state index contributed by atoms with van der Waals surface area (Å²) >= 11 is 0. The van der Waals surface area contributed by atoms with E-state index in [4.69, 9.17) is 4.74 Å². The van der Waals surface area contributed by atoms with E-state index in [1.807, 2.05) is 61.0 Å². The molecule has 27 heavy (non-hydrogen) atoms. The number of rotatable bonds is 6. The molecule has 0 spiro atoms. The van der Waals surface area contributed by atoms with Gasteiger partial charge in [0.25, 0.3) is 0 Å². The van der Waals surface area contributed by atoms with Gasteiger partial charge in [-0.25, -0.2) is 9.97 Å². The molecule has 0 unspecified atom stereocenters. The van der Waals surface area contributed by atoms with E-state index < -0.39 is 0 Å². The second-order valence-electron chi connectivity index (χ2n) is 6.58. The number of H-pyrrole nitrogens is 1. The van der Waals surface area contributed by atoms with Gasteiger partial charge < -0.3 is 19.4 Å². The lowest BCUT2D eigenvalue weighted by molar-refractivity contribution is -0.126. The van der Waals surface area contributed by atoms with E-state index in [0.717, 1.165) is 33.5 Å². The van der Waals surface area contributed by atoms with Crippen molar-refractivity contribution in [2.75, 3.05) is 6.61 Å². The van der Waals surface area contributed by atoms with Gasteiger partial charge in [0.2, 0.25) is 5.91 Å². The number of para-hydroxylation sites is 1. The maximum atomic E-state index is 12.0. The molecule has 7 heteroatoms. The molecule has 0 radical (unpaired) electrons. The Morgan fingerprint density at radius 1 is 1.19 bits per heavy atom. The number of aromatic amines is 1. The third-order valence-electron chi connectivity index (χ3n) is 4.43. The van der Waals surface area contributed by atoms with Crippen molar-refractivity contribution in [2.45, 2.75) is 27.0 Å². The van der Waals surface area contributed by atoms with Gasteiger partial charge in [-0.3, -0.25) is 4.79 Å². The fourth-order valence-corrected chi connectivity index (χ4v) is 3.07. The lowest BCUT2D eigenvalue weighted by Crippen LogP contribution is -2.27. The lowest BCUT2D eigenvalue weighted by Gasteiger charge is -2.03. The Balaban J connectivity index is 1.28. The standard InChI is InChI=1S/C20H21N5O2/c1-13-5-3-7-16-19(13)24-17(23-16)11-27-12-18(26)21-9-15-10-25-8-4-6-14(2)20(25)22-15/h3-8,10H,9,11-12H2,1-2H3,(H,21,26)(H,23,24). The molecule has 138 valence electrons. The molecular weight excluding hydrogens is 342 g/mol. The summed E-state index contributed by atoms with van der Waals surface area (Å²) in [5.74, 6) is 0.527. The number of carbonyl (C=O) groups is 1. The summed E-state index contributed by atoms with van der Waals surface area (Å²) in [4.78, 5) is 24.3. The molecule has 3 aromatic heterocycles. The van der Waals surface area contributed by atoms with Crippen molar-refractivity contribution in [3.63, 3.8) is 0 Å². The molecule has 1 amide bonds. The van der Waals surface area contributed by atoms with Crippen LogP contribution in [0.3, 0.4) is 0 Å². The highest BCUT2D eigenvalue weighted by Gasteiger charge is 2.08. The topological polar surface area (TPSA) is 84.3 Å². The zero-order chi connectivity index (χ0) is 18.8. The van der Waals surface area contributed by atoms with Gasteiger partial charge in [0.15, 0.2) is 0 Å². The maximum absolute atomic E-state index is 12.0. The highest BCUT2D eigenvalue weighted by Crippen LogP contribution is 2.15. The van der Waals surface area contributed by atoms with Gasteiger partial charge in [0, 0.05) is 12.4 Å². The van der Waals surface area contributed by atoms with Crippen molar-refractivity contribution in [3.8, 4) is 0 Å². The largest absolute Gasteiger partial charge is 0.364 e. The van der Waals surface area contributed by atoms with Crippen molar-refractivity contribution in [1.82, 2.24) is 24.7 Å². The highest BCUT2D eigenvalue weighted by atomic mass is 16.5. The monoisotopic (exact) mass is 363 g/mol. The zero-order valence-electron chi connectivity index (χ0n) is 15.3. The van der Waals surface area contributed by atoms with Crippen LogP contribution < -0.4 is 5.32 Å². The molecule has 0 aliphatic heterocycles. The molecule has 0 atom stereocenters. The summed E-state index contributed by atoms with van der Waals surface area (Å²) in [6, 6.07) is 9.96. The van der Waals surface area contributed by atoms with Crippen LogP contribution in [0.1, 0.15) is 22.6 Å². The summed E-state index contributed by atoms with van der Waals surface area (Å²) in [6.45, 7) is 4.63. The van der Waals surface area contributed by atoms with Crippen LogP contribution in [0.4, 0.5) is 0 Å². The predicted octanol–water partition coefficient (Wildman–Crippen LogP) is 2.66. The number of amides is 1. The minimum Gasteiger partial charge on any atom is -0.364 e. The van der Waals surface area contributed by atoms with E-state index in [9.17, 15) is 4.79 Å². The van der Waals surface area contributed by atoms with Crippen molar-refractivity contribution < 1.29 is 9.53 Å². The van der Waals surface area contributed by atoms with Gasteiger partial charge in [-0.2, -0.15) is 0 Å². The molecule has 2 N–H and O–H groups in total. The quantitative estimate of drug-likeness (QED) is 0.552. The molecule has 3 heterocycles. The van der Waals surface area contributed by atoms with E-state index in [0.29, 0.717) is 12.4 Å². The van der Waals surface area contributed by atoms with Crippen LogP contribution in [0.15, 0.2) is 42.7 Å². The number of imidazole rings is 2. The number of benzene rings is 1. The van der Waals surface area contributed by atoms with Crippen LogP contribution in [0.25, 0.3) is 16.7 Å². The smallest absolute Gasteiger partial charge is 0.246 e. The van der Waals surface area contributed by atoms with Crippen molar-refractivity contribution >= 4 is 22.6 Å². The number of aryl methyl sites for hydroxylation is 2. The Kier molecular flexibility index (Phi) is 4.60. The van der Waals surface area contributed by atoms with Crippen LogP contribution in [0.2, 0.25) is 0 Å². The second kappa shape index (κ2) is 7.20. The second-order valence-corrected chi connectivity index (χ2v) is 6.58. The molecule has 7 nitrogen and oxygen atoms in total. The average molecular weight is 363 g/mol. The number of ether oxygens (including phenoxy) is 1. The number of carbonyl (C=O) groups excluding carboxylic acids is 1. The van der Waals surface area contributed by atoms with Crippen LogP contribution in [-0.2, 0) is 22.7 Å². The lowest BCUT2D eigenvalue weighted by atomic mass is 10.2. The van der Waals surface area contributed by atoms with E-state index in [1.165, 1.54) is 0 Å². The Morgan fingerprint density at radius 2 is 2.04 bits per heavy atom. The molecule has 0 aliphatic carbocycles. The fourth-order valence-electron chi connectivity index (χ4n) is 3.07. The third kappa shape index (κ3) is 3.68. The van der Waals surface area contributed by atoms with Crippen molar-refractivity contribution in [1.29, 1.82) is 0 Å². The van der Waals surface area contributed by atoms with Crippen LogP contribution in [0.5, 0.6) is 0 Å². The molecule has 4 aromatic rings. The number of pyridine rings is 1. The maximum Gasteiger partial charge on any atom is 0.246 e. The van der Waals surface area contributed by atoms with Gasteiger partial charge in [-0.1, -0.05) is 18.2 Å². The minimum atomic E-state index is -0.184. The number of aromatic nitrogens is 4. The first-order valence-electron chi connectivity index (χ1n) is 8.82. The van der Waals surface area contributed by atoms with Crippen LogP contribution in [0, 0.1) is 13.8 Å². The number of hydrogen-bond acceptors (Lipinski definition) is 4. The first-order chi connectivity index (χ1) is 13.1. The van der Waals surface area contributed by atoms with Gasteiger partial charge in [-0.05, 0) is 37.1 Å². The van der Waals surface area contributed by atoms with E-state index in [-0.39, 0.29) is 19.1 Å². The van der Waals surface area contributed by atoms with Gasteiger partial charge in [0.1, 0.15) is 24.7 Å². The highest BCUT2D eigenvalue weighted by molar-refractivity contribution is 5.78. The van der Waals surface area contributed by atoms with Gasteiger partial charge in [0.05, 0.1) is 23.3 Å². The number of fused-ring (bicyclic) bond motifs is 2. The Hall–Kier alpha value is -3.19. The normalized spacial score (nSPS) is 11.3. The Labute approximate surface area is 156 Å². The summed E-state index contributed by atoms with van der Waals surface area (Å²) in [5.41, 5.74) is 5.82. The Morgan fingerprint density at radius 3 is 2.85 bits per heavy atom. The van der Waals surface area contributed by atoms with Gasteiger partial charge in [-0.15, -0.1) is 0 Å². The average Bonchev–Trinajstić information content (AvgIpc) is 3.25. The van der Waals surface area contributed by atoms with Crippen molar-refractivity contribution in [3.05, 3.63) is 65.4 Å². The summed E-state index contributed by atoms with van der Waals surface area (Å²) < 4.78 is 7.44. The van der Waals surface area contributed by atoms with Crippen molar-refractivity contribution in [2.24, 2.45) is 0 Å². The zero-order valence-corrected chi connectivity index (χ0v) is 15.3. The molecule has 1 aromatic carbocycles. The SMILES string of the molecule is Cc1cccc2[nH]c(COCC(=O)NCc3cn4cccc(C)c4n3)nc12. The van der Waals surface area contributed by atoms with E-state index in [1.54, 1.807) is 0 Å². The summed E-state index contributed by atoms with van der Waals surface area (Å²) in [5, 5.41) is 2.83. The summed E-state index contributed by atoms with van der Waals surface area (Å²) in [7, 11) is 0. The first kappa shape index (κ1) is 17.2. The number of hydrogen-bond donors (Lipinski definition) is 2. The number of nitrogens with zero attached hydrogens (tertiary/aromatic N) is 3. The summed E-state index contributed by atoms with van der Waals surface area (Å²) in [6.07, 6.45) is 3.86. The van der Waals surface area contributed by atoms with Gasteiger partial charge >= 0.3 is 0 Å². The molecule has 0 saturated heterocycles. The van der Waals surface area contributed by atoms with Crippen LogP contribution >= 0.6 is 0 Å². The van der Waals surface area contributed by atoms with Crippen LogP contribution in [-0.4, -0.2) is 31.9 Å². The minimum absolute atomic E-state index is 0.0254. The predicted molar refractivity (Wildman–Crippen MR) is 102 cm³/mol.